The van der Waals surface area contributed by atoms with Gasteiger partial charge in [0.2, 0.25) is 17.7 Å². The maximum atomic E-state index is 13.5. The monoisotopic (exact) mass is 425 g/mol. The van der Waals surface area contributed by atoms with Crippen LogP contribution in [0.1, 0.15) is 59.3 Å². The summed E-state index contributed by atoms with van der Waals surface area (Å²) in [5, 5.41) is 15.5. The third kappa shape index (κ3) is 3.90. The zero-order valence-electron chi connectivity index (χ0n) is 17.8. The predicted molar refractivity (Wildman–Crippen MR) is 113 cm³/mol. The number of carbonyl (C=O) groups excluding carboxylic acids is 3. The summed E-state index contributed by atoms with van der Waals surface area (Å²) in [4.78, 5) is 41.4. The van der Waals surface area contributed by atoms with Crippen molar-refractivity contribution in [3.8, 4) is 0 Å². The quantitative estimate of drug-likeness (QED) is 0.490. The molecule has 0 aromatic heterocycles. The van der Waals surface area contributed by atoms with E-state index in [2.05, 4.69) is 17.6 Å². The molecule has 3 amide bonds. The molecule has 3 rings (SSSR count). The lowest BCUT2D eigenvalue weighted by Crippen LogP contribution is -2.55. The van der Waals surface area contributed by atoms with Gasteiger partial charge in [-0.1, -0.05) is 20.3 Å². The molecule has 3 unspecified atom stereocenters. The number of nitrogens with one attached hydrogen (secondary N) is 2. The Hall–Kier alpha value is -1.28. The number of amides is 3. The number of carbonyl (C=O) groups is 3. The molecule has 164 valence electrons. The van der Waals surface area contributed by atoms with Crippen LogP contribution in [0.15, 0.2) is 0 Å². The van der Waals surface area contributed by atoms with Crippen LogP contribution in [0.3, 0.4) is 0 Å². The average Bonchev–Trinajstić information content (AvgIpc) is 3.32. The van der Waals surface area contributed by atoms with Crippen molar-refractivity contribution in [3.63, 3.8) is 0 Å². The van der Waals surface area contributed by atoms with Crippen LogP contribution >= 0.6 is 11.8 Å². The SMILES string of the molecule is CCCNC(=O)[C@@H]1[C@@H]2CCC3(S2)C(C(=O)NC(C)CCC)N(CCCO)C(=O)[C@H]13. The smallest absolute Gasteiger partial charge is 0.244 e. The van der Waals surface area contributed by atoms with E-state index in [0.29, 0.717) is 19.5 Å². The van der Waals surface area contributed by atoms with Crippen LogP contribution in [-0.2, 0) is 14.4 Å². The van der Waals surface area contributed by atoms with Gasteiger partial charge in [-0.25, -0.2) is 0 Å². The van der Waals surface area contributed by atoms with Crippen molar-refractivity contribution in [2.45, 2.75) is 81.4 Å². The van der Waals surface area contributed by atoms with E-state index >= 15 is 0 Å². The Kier molecular flexibility index (Phi) is 7.14. The summed E-state index contributed by atoms with van der Waals surface area (Å²) in [6.07, 6.45) is 4.79. The molecule has 0 aliphatic carbocycles. The highest BCUT2D eigenvalue weighted by atomic mass is 32.2. The van der Waals surface area contributed by atoms with Crippen LogP contribution in [0.2, 0.25) is 0 Å². The fourth-order valence-electron chi connectivity index (χ4n) is 5.43. The molecule has 29 heavy (non-hydrogen) atoms. The summed E-state index contributed by atoms with van der Waals surface area (Å²) >= 11 is 1.69. The number of likely N-dealkylation sites (tertiary alicyclic amines) is 1. The van der Waals surface area contributed by atoms with Gasteiger partial charge in [-0.3, -0.25) is 14.4 Å². The van der Waals surface area contributed by atoms with Gasteiger partial charge >= 0.3 is 0 Å². The molecule has 3 heterocycles. The summed E-state index contributed by atoms with van der Waals surface area (Å²) < 4.78 is -0.526. The van der Waals surface area contributed by atoms with Gasteiger partial charge in [-0.05, 0) is 39.0 Å². The number of fused-ring (bicyclic) bond motifs is 1. The van der Waals surface area contributed by atoms with Crippen LogP contribution < -0.4 is 10.6 Å². The minimum Gasteiger partial charge on any atom is -0.396 e. The largest absolute Gasteiger partial charge is 0.396 e. The highest BCUT2D eigenvalue weighted by Crippen LogP contribution is 2.66. The van der Waals surface area contributed by atoms with Gasteiger partial charge in [0.05, 0.1) is 16.6 Å². The first-order valence-corrected chi connectivity index (χ1v) is 12.0. The summed E-state index contributed by atoms with van der Waals surface area (Å²) in [5.74, 6) is -1.06. The van der Waals surface area contributed by atoms with Crippen molar-refractivity contribution in [2.24, 2.45) is 11.8 Å². The van der Waals surface area contributed by atoms with E-state index in [1.807, 2.05) is 13.8 Å². The molecular weight excluding hydrogens is 390 g/mol. The third-order valence-corrected chi connectivity index (χ3v) is 8.52. The first-order valence-electron chi connectivity index (χ1n) is 11.1. The maximum Gasteiger partial charge on any atom is 0.244 e. The Morgan fingerprint density at radius 3 is 2.72 bits per heavy atom. The van der Waals surface area contributed by atoms with Gasteiger partial charge in [0.1, 0.15) is 6.04 Å². The Labute approximate surface area is 177 Å². The van der Waals surface area contributed by atoms with Crippen molar-refractivity contribution in [2.75, 3.05) is 19.7 Å². The lowest BCUT2D eigenvalue weighted by Gasteiger charge is -2.34. The second-order valence-corrected chi connectivity index (χ2v) is 10.3. The summed E-state index contributed by atoms with van der Waals surface area (Å²) in [5.41, 5.74) is 0. The lowest BCUT2D eigenvalue weighted by atomic mass is 9.70. The van der Waals surface area contributed by atoms with E-state index in [9.17, 15) is 19.5 Å². The van der Waals surface area contributed by atoms with Crippen molar-refractivity contribution in [1.82, 2.24) is 15.5 Å². The Morgan fingerprint density at radius 1 is 1.31 bits per heavy atom. The van der Waals surface area contributed by atoms with Gasteiger partial charge in [0, 0.05) is 31.0 Å². The molecule has 0 aromatic carbocycles. The van der Waals surface area contributed by atoms with Crippen LogP contribution in [0.25, 0.3) is 0 Å². The molecule has 3 saturated heterocycles. The summed E-state index contributed by atoms with van der Waals surface area (Å²) in [7, 11) is 0. The number of aliphatic hydroxyl groups is 1. The molecule has 3 N–H and O–H groups in total. The first kappa shape index (κ1) is 22.4. The summed E-state index contributed by atoms with van der Waals surface area (Å²) in [6, 6.07) is -0.519. The molecule has 3 fully saturated rings. The van der Waals surface area contributed by atoms with Gasteiger partial charge in [-0.15, -0.1) is 11.8 Å². The van der Waals surface area contributed by atoms with Gasteiger partial charge in [-0.2, -0.15) is 0 Å². The molecule has 0 saturated carbocycles. The molecule has 3 aliphatic rings. The third-order valence-electron chi connectivity index (χ3n) is 6.57. The molecule has 0 radical (unpaired) electrons. The lowest BCUT2D eigenvalue weighted by molar-refractivity contribution is -0.140. The van der Waals surface area contributed by atoms with Crippen molar-refractivity contribution in [1.29, 1.82) is 0 Å². The number of thioether (sulfide) groups is 1. The fourth-order valence-corrected chi connectivity index (χ4v) is 7.65. The van der Waals surface area contributed by atoms with E-state index in [1.165, 1.54) is 0 Å². The standard InChI is InChI=1S/C21H35N3O4S/c1-4-7-13(3)23-19(27)17-21-9-8-14(29-21)15(18(26)22-10-5-2)16(21)20(28)24(17)11-6-12-25/h13-17,25H,4-12H2,1-3H3,(H,22,26)(H,23,27)/t13?,14-,15+,16-,17?,21?/m0/s1. The molecule has 2 bridgehead atoms. The van der Waals surface area contributed by atoms with E-state index in [4.69, 9.17) is 0 Å². The second-order valence-electron chi connectivity index (χ2n) is 8.65. The van der Waals surface area contributed by atoms with Crippen LogP contribution in [0, 0.1) is 11.8 Å². The zero-order valence-corrected chi connectivity index (χ0v) is 18.6. The number of hydrogen-bond donors (Lipinski definition) is 3. The minimum atomic E-state index is -0.565. The van der Waals surface area contributed by atoms with Gasteiger partial charge in [0.25, 0.3) is 0 Å². The summed E-state index contributed by atoms with van der Waals surface area (Å²) in [6.45, 7) is 7.00. The Bertz CT molecular complexity index is 645. The van der Waals surface area contributed by atoms with Crippen LogP contribution in [0.4, 0.5) is 0 Å². The predicted octanol–water partition coefficient (Wildman–Crippen LogP) is 1.29. The van der Waals surface area contributed by atoms with E-state index in [-0.39, 0.29) is 41.5 Å². The van der Waals surface area contributed by atoms with Crippen molar-refractivity contribution < 1.29 is 19.5 Å². The molecule has 0 aromatic rings. The van der Waals surface area contributed by atoms with E-state index in [0.717, 1.165) is 32.1 Å². The van der Waals surface area contributed by atoms with Gasteiger partial charge in [0.15, 0.2) is 0 Å². The van der Waals surface area contributed by atoms with Crippen molar-refractivity contribution >= 4 is 29.5 Å². The number of rotatable bonds is 10. The molecule has 1 spiro atoms. The fraction of sp³-hybridized carbons (Fsp3) is 0.857. The Morgan fingerprint density at radius 2 is 2.07 bits per heavy atom. The highest BCUT2D eigenvalue weighted by molar-refractivity contribution is 8.02. The second kappa shape index (κ2) is 9.25. The topological polar surface area (TPSA) is 98.7 Å². The van der Waals surface area contributed by atoms with E-state index < -0.39 is 16.7 Å². The highest BCUT2D eigenvalue weighted by Gasteiger charge is 2.73. The normalized spacial score (nSPS) is 33.7. The number of hydrogen-bond acceptors (Lipinski definition) is 5. The van der Waals surface area contributed by atoms with Crippen LogP contribution in [-0.4, -0.2) is 69.5 Å². The molecule has 3 aliphatic heterocycles. The zero-order chi connectivity index (χ0) is 21.2. The molecule has 8 heteroatoms. The maximum absolute atomic E-state index is 13.5. The number of nitrogens with zero attached hydrogens (tertiary/aromatic N) is 1. The molecule has 7 nitrogen and oxygen atoms in total. The van der Waals surface area contributed by atoms with E-state index in [1.54, 1.807) is 16.7 Å². The van der Waals surface area contributed by atoms with Gasteiger partial charge < -0.3 is 20.6 Å². The average molecular weight is 426 g/mol. The first-order chi connectivity index (χ1) is 13.9. The Balaban J connectivity index is 1.89. The number of aliphatic hydroxyl groups excluding tert-OH is 1. The minimum absolute atomic E-state index is 0.0296. The van der Waals surface area contributed by atoms with Crippen molar-refractivity contribution in [3.05, 3.63) is 0 Å². The molecular formula is C21H35N3O4S. The molecule has 6 atom stereocenters. The van der Waals surface area contributed by atoms with Crippen LogP contribution in [0.5, 0.6) is 0 Å².